The fourth-order valence-electron chi connectivity index (χ4n) is 2.14. The highest BCUT2D eigenvalue weighted by atomic mass is 32.2. The third-order valence-corrected chi connectivity index (χ3v) is 4.25. The van der Waals surface area contributed by atoms with Gasteiger partial charge in [0.05, 0.1) is 6.26 Å². The van der Waals surface area contributed by atoms with E-state index in [9.17, 15) is 9.59 Å². The second-order valence-corrected chi connectivity index (χ2v) is 6.05. The Morgan fingerprint density at radius 3 is 2.61 bits per heavy atom. The van der Waals surface area contributed by atoms with Crippen molar-refractivity contribution in [2.45, 2.75) is 24.0 Å². The number of furan rings is 1. The lowest BCUT2D eigenvalue weighted by molar-refractivity contribution is -0.137. The van der Waals surface area contributed by atoms with Gasteiger partial charge >= 0.3 is 5.97 Å². The number of nitrogens with zero attached hydrogens (tertiary/aromatic N) is 1. The minimum Gasteiger partial charge on any atom is -0.480 e. The lowest BCUT2D eigenvalue weighted by Gasteiger charge is -2.19. The third-order valence-electron chi connectivity index (χ3n) is 3.19. The molecule has 0 aliphatic rings. The molecule has 1 aromatic carbocycles. The van der Waals surface area contributed by atoms with Crippen LogP contribution in [0.4, 0.5) is 0 Å². The molecule has 1 aromatic heterocycles. The number of carboxylic acids is 1. The van der Waals surface area contributed by atoms with Crippen LogP contribution in [0.25, 0.3) is 0 Å². The van der Waals surface area contributed by atoms with E-state index in [0.29, 0.717) is 18.7 Å². The van der Waals surface area contributed by atoms with Gasteiger partial charge in [-0.3, -0.25) is 9.59 Å². The summed E-state index contributed by atoms with van der Waals surface area (Å²) in [4.78, 5) is 25.9. The average Bonchev–Trinajstić information content (AvgIpc) is 3.01. The lowest BCUT2D eigenvalue weighted by Crippen LogP contribution is -2.36. The number of aliphatic carboxylic acids is 1. The van der Waals surface area contributed by atoms with Gasteiger partial charge in [0.1, 0.15) is 6.54 Å². The normalized spacial score (nSPS) is 10.5. The van der Waals surface area contributed by atoms with Crippen LogP contribution in [0, 0.1) is 0 Å². The maximum absolute atomic E-state index is 12.5. The van der Waals surface area contributed by atoms with Crippen LogP contribution in [-0.4, -0.2) is 35.0 Å². The molecule has 0 aliphatic heterocycles. The van der Waals surface area contributed by atoms with E-state index in [1.54, 1.807) is 17.8 Å². The smallest absolute Gasteiger partial charge is 0.323 e. The van der Waals surface area contributed by atoms with Crippen LogP contribution < -0.4 is 0 Å². The molecule has 2 aromatic rings. The molecule has 122 valence electrons. The number of thioether (sulfide) groups is 1. The van der Waals surface area contributed by atoms with Gasteiger partial charge in [-0.05, 0) is 24.6 Å². The van der Waals surface area contributed by atoms with Gasteiger partial charge in [0.2, 0.25) is 0 Å². The molecule has 0 fully saturated rings. The molecule has 0 saturated carbocycles. The molecule has 1 N–H and O–H groups in total. The van der Waals surface area contributed by atoms with E-state index < -0.39 is 5.97 Å². The van der Waals surface area contributed by atoms with Crippen LogP contribution >= 0.6 is 11.8 Å². The Hall–Kier alpha value is -2.21. The minimum absolute atomic E-state index is 0.225. The molecule has 0 bridgehead atoms. The number of benzene rings is 1. The maximum Gasteiger partial charge on any atom is 0.323 e. The van der Waals surface area contributed by atoms with E-state index in [1.165, 1.54) is 11.2 Å². The van der Waals surface area contributed by atoms with Gasteiger partial charge < -0.3 is 14.4 Å². The standard InChI is InChI=1S/C17H19NO4S/c1-2-9-18(11-15(19)20)17(21)16-13(8-10-22-16)12-23-14-6-4-3-5-7-14/h3-8,10H,2,9,11-12H2,1H3,(H,19,20). The van der Waals surface area contributed by atoms with Gasteiger partial charge in [-0.1, -0.05) is 25.1 Å². The van der Waals surface area contributed by atoms with Gasteiger partial charge in [-0.25, -0.2) is 0 Å². The number of hydrogen-bond acceptors (Lipinski definition) is 4. The van der Waals surface area contributed by atoms with E-state index >= 15 is 0 Å². The summed E-state index contributed by atoms with van der Waals surface area (Å²) in [5.41, 5.74) is 0.773. The summed E-state index contributed by atoms with van der Waals surface area (Å²) in [6.45, 7) is 1.96. The Bertz CT molecular complexity index is 654. The van der Waals surface area contributed by atoms with Crippen LogP contribution in [0.2, 0.25) is 0 Å². The predicted octanol–water partition coefficient (Wildman–Crippen LogP) is 3.51. The number of hydrogen-bond donors (Lipinski definition) is 1. The summed E-state index contributed by atoms with van der Waals surface area (Å²) >= 11 is 1.60. The highest BCUT2D eigenvalue weighted by Crippen LogP contribution is 2.25. The first-order chi connectivity index (χ1) is 11.1. The second kappa shape index (κ2) is 8.43. The van der Waals surface area contributed by atoms with Crippen LogP contribution in [0.3, 0.4) is 0 Å². The Balaban J connectivity index is 2.09. The van der Waals surface area contributed by atoms with Crippen LogP contribution in [0.1, 0.15) is 29.5 Å². The Morgan fingerprint density at radius 2 is 1.96 bits per heavy atom. The van der Waals surface area contributed by atoms with Crippen molar-refractivity contribution in [3.63, 3.8) is 0 Å². The Labute approximate surface area is 139 Å². The number of amides is 1. The summed E-state index contributed by atoms with van der Waals surface area (Å²) in [6.07, 6.45) is 2.16. The lowest BCUT2D eigenvalue weighted by atomic mass is 10.2. The topological polar surface area (TPSA) is 70.8 Å². The summed E-state index contributed by atoms with van der Waals surface area (Å²) in [5.74, 6) is -0.584. The zero-order valence-corrected chi connectivity index (χ0v) is 13.7. The first kappa shape index (κ1) is 17.1. The van der Waals surface area contributed by atoms with Crippen molar-refractivity contribution in [2.24, 2.45) is 0 Å². The number of carbonyl (C=O) groups is 2. The molecule has 0 saturated heterocycles. The molecule has 5 nitrogen and oxygen atoms in total. The molecule has 0 aliphatic carbocycles. The van der Waals surface area contributed by atoms with Crippen molar-refractivity contribution in [2.75, 3.05) is 13.1 Å². The summed E-state index contributed by atoms with van der Waals surface area (Å²) in [7, 11) is 0. The highest BCUT2D eigenvalue weighted by Gasteiger charge is 2.23. The van der Waals surface area contributed by atoms with Crippen LogP contribution in [-0.2, 0) is 10.5 Å². The van der Waals surface area contributed by atoms with Gasteiger partial charge in [0, 0.05) is 22.8 Å². The second-order valence-electron chi connectivity index (χ2n) is 5.00. The molecule has 1 amide bonds. The van der Waals surface area contributed by atoms with Gasteiger partial charge in [-0.2, -0.15) is 0 Å². The monoisotopic (exact) mass is 333 g/mol. The first-order valence-electron chi connectivity index (χ1n) is 7.37. The summed E-state index contributed by atoms with van der Waals surface area (Å²) in [5, 5.41) is 8.95. The molecule has 6 heteroatoms. The fraction of sp³-hybridized carbons (Fsp3) is 0.294. The van der Waals surface area contributed by atoms with E-state index in [2.05, 4.69) is 0 Å². The van der Waals surface area contributed by atoms with Gasteiger partial charge in [0.25, 0.3) is 5.91 Å². The van der Waals surface area contributed by atoms with Crippen LogP contribution in [0.15, 0.2) is 52.0 Å². The number of carboxylic acid groups (broad SMARTS) is 1. The fourth-order valence-corrected chi connectivity index (χ4v) is 3.04. The van der Waals surface area contributed by atoms with Crippen LogP contribution in [0.5, 0.6) is 0 Å². The zero-order chi connectivity index (χ0) is 16.7. The molecule has 1 heterocycles. The van der Waals surface area contributed by atoms with E-state index in [1.807, 2.05) is 37.3 Å². The quantitative estimate of drug-likeness (QED) is 0.749. The van der Waals surface area contributed by atoms with Gasteiger partial charge in [0.15, 0.2) is 5.76 Å². The summed E-state index contributed by atoms with van der Waals surface area (Å²) in [6, 6.07) is 11.6. The Kier molecular flexibility index (Phi) is 6.29. The van der Waals surface area contributed by atoms with Gasteiger partial charge in [-0.15, -0.1) is 11.8 Å². The zero-order valence-electron chi connectivity index (χ0n) is 12.9. The first-order valence-corrected chi connectivity index (χ1v) is 8.35. The van der Waals surface area contributed by atoms with Crippen molar-refractivity contribution in [3.8, 4) is 0 Å². The molecule has 0 spiro atoms. The highest BCUT2D eigenvalue weighted by molar-refractivity contribution is 7.98. The predicted molar refractivity (Wildman–Crippen MR) is 88.5 cm³/mol. The molecule has 0 atom stereocenters. The molecular weight excluding hydrogens is 314 g/mol. The van der Waals surface area contributed by atoms with E-state index in [0.717, 1.165) is 10.5 Å². The van der Waals surface area contributed by atoms with Crippen molar-refractivity contribution < 1.29 is 19.1 Å². The van der Waals surface area contributed by atoms with Crippen molar-refractivity contribution >= 4 is 23.6 Å². The summed E-state index contributed by atoms with van der Waals surface area (Å²) < 4.78 is 5.33. The molecular formula is C17H19NO4S. The third kappa shape index (κ3) is 4.89. The number of rotatable bonds is 8. The molecule has 2 rings (SSSR count). The van der Waals surface area contributed by atoms with Crippen molar-refractivity contribution in [3.05, 3.63) is 54.0 Å². The largest absolute Gasteiger partial charge is 0.480 e. The minimum atomic E-state index is -1.03. The SMILES string of the molecule is CCCN(CC(=O)O)C(=O)c1occc1CSc1ccccc1. The number of carbonyl (C=O) groups excluding carboxylic acids is 1. The van der Waals surface area contributed by atoms with E-state index in [-0.39, 0.29) is 18.2 Å². The maximum atomic E-state index is 12.5. The Morgan fingerprint density at radius 1 is 1.22 bits per heavy atom. The molecule has 0 radical (unpaired) electrons. The van der Waals surface area contributed by atoms with Crippen molar-refractivity contribution in [1.29, 1.82) is 0 Å². The van der Waals surface area contributed by atoms with E-state index in [4.69, 9.17) is 9.52 Å². The van der Waals surface area contributed by atoms with Crippen molar-refractivity contribution in [1.82, 2.24) is 4.90 Å². The molecule has 23 heavy (non-hydrogen) atoms. The average molecular weight is 333 g/mol. The molecule has 0 unspecified atom stereocenters.